The maximum atomic E-state index is 9.61. The van der Waals surface area contributed by atoms with Crippen LogP contribution in [-0.4, -0.2) is 48.5 Å². The van der Waals surface area contributed by atoms with E-state index in [0.717, 1.165) is 19.7 Å². The maximum Gasteiger partial charge on any atom is 0.0983 e. The Morgan fingerprint density at radius 2 is 1.67 bits per heavy atom. The van der Waals surface area contributed by atoms with Crippen molar-refractivity contribution in [3.8, 4) is 0 Å². The average molecular weight is 219 g/mol. The van der Waals surface area contributed by atoms with Crippen LogP contribution >= 0.6 is 0 Å². The van der Waals surface area contributed by atoms with Crippen molar-refractivity contribution in [3.05, 3.63) is 0 Å². The van der Waals surface area contributed by atoms with Gasteiger partial charge in [-0.3, -0.25) is 0 Å². The van der Waals surface area contributed by atoms with E-state index in [1.807, 2.05) is 34.7 Å². The lowest BCUT2D eigenvalue weighted by Crippen LogP contribution is -2.50. The van der Waals surface area contributed by atoms with E-state index in [4.69, 9.17) is 4.74 Å². The topological polar surface area (TPSA) is 32.7 Å². The third-order valence-corrected chi connectivity index (χ3v) is 2.06. The normalized spacial score (nSPS) is 22.0. The van der Waals surface area contributed by atoms with Gasteiger partial charge in [0.2, 0.25) is 0 Å². The van der Waals surface area contributed by atoms with Gasteiger partial charge in [-0.2, -0.15) is 0 Å². The van der Waals surface area contributed by atoms with Crippen molar-refractivity contribution in [2.75, 3.05) is 26.7 Å². The first kappa shape index (κ1) is 17.3. The van der Waals surface area contributed by atoms with Gasteiger partial charge in [0.25, 0.3) is 0 Å². The molecule has 3 heteroatoms. The summed E-state index contributed by atoms with van der Waals surface area (Å²) in [5, 5.41) is 9.61. The number of morpholine rings is 1. The zero-order valence-corrected chi connectivity index (χ0v) is 11.5. The molecular weight excluding hydrogens is 190 g/mol. The first-order valence-corrected chi connectivity index (χ1v) is 6.02. The van der Waals surface area contributed by atoms with Gasteiger partial charge < -0.3 is 14.7 Å². The van der Waals surface area contributed by atoms with Crippen LogP contribution in [0.1, 0.15) is 41.5 Å². The second-order valence-electron chi connectivity index (χ2n) is 3.78. The average Bonchev–Trinajstić information content (AvgIpc) is 2.23. The Hall–Kier alpha value is -0.120. The van der Waals surface area contributed by atoms with Gasteiger partial charge in [-0.1, -0.05) is 27.7 Å². The Labute approximate surface area is 95.4 Å². The van der Waals surface area contributed by atoms with Crippen molar-refractivity contribution in [1.82, 2.24) is 4.90 Å². The van der Waals surface area contributed by atoms with Gasteiger partial charge in [-0.05, 0) is 20.9 Å². The lowest BCUT2D eigenvalue weighted by Gasteiger charge is -2.36. The summed E-state index contributed by atoms with van der Waals surface area (Å²) in [7, 11) is 2.04. The van der Waals surface area contributed by atoms with Gasteiger partial charge in [0.15, 0.2) is 0 Å². The number of aliphatic hydroxyl groups is 1. The third-order valence-electron chi connectivity index (χ3n) is 2.06. The molecule has 1 unspecified atom stereocenters. The summed E-state index contributed by atoms with van der Waals surface area (Å²) >= 11 is 0. The lowest BCUT2D eigenvalue weighted by atomic mass is 10.0. The summed E-state index contributed by atoms with van der Waals surface area (Å²) in [6.45, 7) is 14.1. The minimum absolute atomic E-state index is 0.0405. The molecule has 1 heterocycles. The van der Waals surface area contributed by atoms with Gasteiger partial charge in [0, 0.05) is 13.1 Å². The van der Waals surface area contributed by atoms with Gasteiger partial charge in [-0.15, -0.1) is 0 Å². The second kappa shape index (κ2) is 9.13. The highest BCUT2D eigenvalue weighted by Crippen LogP contribution is 2.16. The maximum absolute atomic E-state index is 9.61. The quantitative estimate of drug-likeness (QED) is 0.733. The molecule has 1 aliphatic heterocycles. The Bertz CT molecular complexity index is 132. The van der Waals surface area contributed by atoms with Crippen LogP contribution in [0.25, 0.3) is 0 Å². The molecule has 15 heavy (non-hydrogen) atoms. The second-order valence-corrected chi connectivity index (χ2v) is 3.78. The molecule has 94 valence electrons. The minimum Gasteiger partial charge on any atom is -0.388 e. The van der Waals surface area contributed by atoms with Crippen LogP contribution < -0.4 is 0 Å². The fourth-order valence-corrected chi connectivity index (χ4v) is 1.21. The summed E-state index contributed by atoms with van der Waals surface area (Å²) in [5.74, 6) is 0. The van der Waals surface area contributed by atoms with Crippen LogP contribution in [0.3, 0.4) is 0 Å². The van der Waals surface area contributed by atoms with Gasteiger partial charge in [-0.25, -0.2) is 0 Å². The molecule has 3 nitrogen and oxygen atoms in total. The molecular formula is C12H29NO2. The molecule has 0 radical (unpaired) electrons. The van der Waals surface area contributed by atoms with Crippen molar-refractivity contribution >= 4 is 0 Å². The lowest BCUT2D eigenvalue weighted by molar-refractivity contribution is -0.123. The molecule has 1 atom stereocenters. The molecule has 0 saturated carbocycles. The van der Waals surface area contributed by atoms with Crippen LogP contribution in [0.4, 0.5) is 0 Å². The van der Waals surface area contributed by atoms with Crippen LogP contribution in [0.2, 0.25) is 0 Å². The molecule has 0 bridgehead atoms. The van der Waals surface area contributed by atoms with E-state index in [-0.39, 0.29) is 6.10 Å². The zero-order valence-electron chi connectivity index (χ0n) is 11.5. The number of rotatable bonds is 1. The molecule has 1 saturated heterocycles. The monoisotopic (exact) mass is 219 g/mol. The fourth-order valence-electron chi connectivity index (χ4n) is 1.21. The van der Waals surface area contributed by atoms with Crippen molar-refractivity contribution in [1.29, 1.82) is 0 Å². The van der Waals surface area contributed by atoms with Crippen LogP contribution in [0.5, 0.6) is 0 Å². The number of ether oxygens (including phenoxy) is 1. The van der Waals surface area contributed by atoms with Crippen LogP contribution in [0.15, 0.2) is 0 Å². The van der Waals surface area contributed by atoms with Crippen molar-refractivity contribution in [3.63, 3.8) is 0 Å². The Morgan fingerprint density at radius 3 is 1.93 bits per heavy atom. The van der Waals surface area contributed by atoms with E-state index in [1.54, 1.807) is 13.8 Å². The van der Waals surface area contributed by atoms with E-state index in [9.17, 15) is 5.11 Å². The summed E-state index contributed by atoms with van der Waals surface area (Å²) < 4.78 is 5.42. The highest BCUT2D eigenvalue weighted by atomic mass is 16.5. The van der Waals surface area contributed by atoms with Gasteiger partial charge in [0.05, 0.1) is 18.3 Å². The van der Waals surface area contributed by atoms with E-state index < -0.39 is 5.60 Å². The molecule has 1 N–H and O–H groups in total. The Balaban J connectivity index is 0. The van der Waals surface area contributed by atoms with Crippen LogP contribution in [0, 0.1) is 0 Å². The summed E-state index contributed by atoms with van der Waals surface area (Å²) in [4.78, 5) is 2.17. The van der Waals surface area contributed by atoms with E-state index in [0.29, 0.717) is 0 Å². The number of nitrogens with zero attached hydrogens (tertiary/aromatic N) is 1. The van der Waals surface area contributed by atoms with Gasteiger partial charge in [0.1, 0.15) is 0 Å². The van der Waals surface area contributed by atoms with Crippen molar-refractivity contribution in [2.45, 2.75) is 53.2 Å². The standard InChI is InChI=1S/C8H17NO2.2C2H6/c1-8(2,10)7-6-9(3)4-5-11-7;2*1-2/h7,10H,4-6H2,1-3H3;2*1-2H3. The molecule has 0 aromatic heterocycles. The molecule has 0 aliphatic carbocycles. The molecule has 1 fully saturated rings. The molecule has 0 aromatic carbocycles. The largest absolute Gasteiger partial charge is 0.388 e. The molecule has 1 rings (SSSR count). The summed E-state index contributed by atoms with van der Waals surface area (Å²) in [6.07, 6.45) is -0.0405. The zero-order chi connectivity index (χ0) is 12.5. The van der Waals surface area contributed by atoms with Gasteiger partial charge >= 0.3 is 0 Å². The molecule has 1 aliphatic rings. The number of hydrogen-bond acceptors (Lipinski definition) is 3. The molecule has 0 aromatic rings. The van der Waals surface area contributed by atoms with E-state index in [1.165, 1.54) is 0 Å². The smallest absolute Gasteiger partial charge is 0.0983 e. The first-order chi connectivity index (χ1) is 7.00. The highest BCUT2D eigenvalue weighted by Gasteiger charge is 2.30. The Morgan fingerprint density at radius 1 is 1.20 bits per heavy atom. The summed E-state index contributed by atoms with van der Waals surface area (Å²) in [6, 6.07) is 0. The highest BCUT2D eigenvalue weighted by molar-refractivity contribution is 4.82. The van der Waals surface area contributed by atoms with Crippen molar-refractivity contribution < 1.29 is 9.84 Å². The molecule has 0 spiro atoms. The minimum atomic E-state index is -0.714. The summed E-state index contributed by atoms with van der Waals surface area (Å²) in [5.41, 5.74) is -0.714. The number of hydrogen-bond donors (Lipinski definition) is 1. The number of likely N-dealkylation sites (N-methyl/N-ethyl adjacent to an activating group) is 1. The predicted molar refractivity (Wildman–Crippen MR) is 66.2 cm³/mol. The van der Waals surface area contributed by atoms with Crippen LogP contribution in [-0.2, 0) is 4.74 Å². The predicted octanol–water partition coefficient (Wildman–Crippen LogP) is 2.14. The first-order valence-electron chi connectivity index (χ1n) is 6.02. The fraction of sp³-hybridized carbons (Fsp3) is 1.00. The van der Waals surface area contributed by atoms with E-state index in [2.05, 4.69) is 4.90 Å². The van der Waals surface area contributed by atoms with Crippen molar-refractivity contribution in [2.24, 2.45) is 0 Å². The third kappa shape index (κ3) is 7.77. The SMILES string of the molecule is CC.CC.CN1CCOC(C(C)(C)O)C1. The molecule has 0 amide bonds. The Kier molecular flexibility index (Phi) is 10.5. The van der Waals surface area contributed by atoms with E-state index >= 15 is 0 Å².